The zero-order valence-electron chi connectivity index (χ0n) is 10.2. The van der Waals surface area contributed by atoms with E-state index in [2.05, 4.69) is 17.4 Å². The Bertz CT molecular complexity index is 459. The molecule has 0 aromatic heterocycles. The van der Waals surface area contributed by atoms with E-state index < -0.39 is 0 Å². The molecule has 1 aliphatic heterocycles. The number of fused-ring (bicyclic) bond motifs is 1. The minimum atomic E-state index is -0.231. The third-order valence-electron chi connectivity index (χ3n) is 2.88. The van der Waals surface area contributed by atoms with Gasteiger partial charge in [0.25, 0.3) is 5.24 Å². The van der Waals surface area contributed by atoms with Gasteiger partial charge in [0.1, 0.15) is 5.75 Å². The van der Waals surface area contributed by atoms with Crippen LogP contribution in [0.15, 0.2) is 18.2 Å². The standard InChI is InChI=1S/C10H12O.C3H3NO2S/c1-11-10-6-5-8-3-2-4-9(8)7-10;5-2-1-7-3(6)4-2/h5-7H,2-4H2,1H3;1H2,(H,4,5,6). The van der Waals surface area contributed by atoms with Crippen LogP contribution in [0.3, 0.4) is 0 Å². The van der Waals surface area contributed by atoms with Crippen LogP contribution in [0.2, 0.25) is 0 Å². The molecular formula is C13H15NO3S. The van der Waals surface area contributed by atoms with Crippen LogP contribution in [0.1, 0.15) is 17.5 Å². The topological polar surface area (TPSA) is 55.4 Å². The lowest BCUT2D eigenvalue weighted by atomic mass is 10.1. The van der Waals surface area contributed by atoms with Gasteiger partial charge in [-0.15, -0.1) is 0 Å². The number of ether oxygens (including phenoxy) is 1. The first-order chi connectivity index (χ1) is 8.69. The first-order valence-electron chi connectivity index (χ1n) is 5.81. The highest BCUT2D eigenvalue weighted by atomic mass is 32.2. The number of hydrogen-bond donors (Lipinski definition) is 1. The van der Waals surface area contributed by atoms with E-state index in [1.807, 2.05) is 6.07 Å². The van der Waals surface area contributed by atoms with Crippen LogP contribution in [0.25, 0.3) is 0 Å². The monoisotopic (exact) mass is 265 g/mol. The lowest BCUT2D eigenvalue weighted by Gasteiger charge is -2.02. The summed E-state index contributed by atoms with van der Waals surface area (Å²) < 4.78 is 5.14. The number of amides is 2. The average molecular weight is 265 g/mol. The summed E-state index contributed by atoms with van der Waals surface area (Å²) in [6.07, 6.45) is 3.79. The van der Waals surface area contributed by atoms with Crippen LogP contribution in [-0.2, 0) is 17.6 Å². The van der Waals surface area contributed by atoms with Crippen molar-refractivity contribution in [3.8, 4) is 5.75 Å². The summed E-state index contributed by atoms with van der Waals surface area (Å²) in [6.45, 7) is 0. The molecule has 1 aliphatic carbocycles. The highest BCUT2D eigenvalue weighted by Gasteiger charge is 2.16. The summed E-state index contributed by atoms with van der Waals surface area (Å²) in [4.78, 5) is 20.2. The van der Waals surface area contributed by atoms with Crippen LogP contribution in [0.4, 0.5) is 4.79 Å². The molecule has 1 saturated heterocycles. The molecule has 1 aromatic carbocycles. The molecule has 2 amide bonds. The van der Waals surface area contributed by atoms with Crippen molar-refractivity contribution in [2.75, 3.05) is 12.9 Å². The molecule has 1 fully saturated rings. The van der Waals surface area contributed by atoms with Crippen molar-refractivity contribution in [3.05, 3.63) is 29.3 Å². The predicted octanol–water partition coefficient (Wildman–Crippen LogP) is 2.15. The molecule has 2 aliphatic rings. The molecule has 5 heteroatoms. The predicted molar refractivity (Wildman–Crippen MR) is 71.0 cm³/mol. The quantitative estimate of drug-likeness (QED) is 0.845. The number of benzene rings is 1. The van der Waals surface area contributed by atoms with E-state index in [-0.39, 0.29) is 11.1 Å². The molecule has 1 N–H and O–H groups in total. The SMILES string of the molecule is COc1ccc2c(c1)CCC2.O=C1CSC(=O)N1. The largest absolute Gasteiger partial charge is 0.497 e. The van der Waals surface area contributed by atoms with E-state index in [0.29, 0.717) is 5.75 Å². The van der Waals surface area contributed by atoms with Gasteiger partial charge in [-0.3, -0.25) is 14.9 Å². The third-order valence-corrected chi connectivity index (χ3v) is 3.65. The zero-order valence-corrected chi connectivity index (χ0v) is 11.0. The van der Waals surface area contributed by atoms with Gasteiger partial charge in [0, 0.05) is 0 Å². The number of hydrogen-bond acceptors (Lipinski definition) is 4. The minimum absolute atomic E-state index is 0.185. The lowest BCUT2D eigenvalue weighted by molar-refractivity contribution is -0.117. The van der Waals surface area contributed by atoms with Gasteiger partial charge in [-0.05, 0) is 42.5 Å². The Labute approximate surface area is 110 Å². The summed E-state index contributed by atoms with van der Waals surface area (Å²) >= 11 is 1.01. The second kappa shape index (κ2) is 5.91. The van der Waals surface area contributed by atoms with Gasteiger partial charge in [-0.2, -0.15) is 0 Å². The Balaban J connectivity index is 0.000000149. The smallest absolute Gasteiger partial charge is 0.286 e. The summed E-state index contributed by atoms with van der Waals surface area (Å²) in [6, 6.07) is 6.38. The van der Waals surface area contributed by atoms with Crippen molar-refractivity contribution >= 4 is 22.9 Å². The van der Waals surface area contributed by atoms with Gasteiger partial charge >= 0.3 is 0 Å². The molecule has 96 valence electrons. The van der Waals surface area contributed by atoms with Crippen molar-refractivity contribution in [1.82, 2.24) is 5.32 Å². The van der Waals surface area contributed by atoms with Gasteiger partial charge in [-0.25, -0.2) is 0 Å². The number of methoxy groups -OCH3 is 1. The number of nitrogens with one attached hydrogen (secondary N) is 1. The van der Waals surface area contributed by atoms with Gasteiger partial charge in [-0.1, -0.05) is 17.8 Å². The maximum absolute atomic E-state index is 10.1. The van der Waals surface area contributed by atoms with Crippen molar-refractivity contribution < 1.29 is 14.3 Å². The van der Waals surface area contributed by atoms with Crippen LogP contribution >= 0.6 is 11.8 Å². The van der Waals surface area contributed by atoms with Crippen LogP contribution in [0.5, 0.6) is 5.75 Å². The Morgan fingerprint density at radius 1 is 1.22 bits per heavy atom. The fourth-order valence-corrected chi connectivity index (χ4v) is 2.51. The fourth-order valence-electron chi connectivity index (χ4n) is 1.99. The first-order valence-corrected chi connectivity index (χ1v) is 6.80. The second-order valence-electron chi connectivity index (χ2n) is 4.11. The molecule has 0 atom stereocenters. The van der Waals surface area contributed by atoms with Gasteiger partial charge in [0.2, 0.25) is 5.91 Å². The maximum Gasteiger partial charge on any atom is 0.286 e. The zero-order chi connectivity index (χ0) is 13.0. The first kappa shape index (κ1) is 13.0. The molecule has 0 unspecified atom stereocenters. The van der Waals surface area contributed by atoms with E-state index in [4.69, 9.17) is 4.74 Å². The number of thioether (sulfide) groups is 1. The van der Waals surface area contributed by atoms with E-state index in [1.165, 1.54) is 30.4 Å². The molecule has 0 saturated carbocycles. The summed E-state index contributed by atoms with van der Waals surface area (Å²) in [5, 5.41) is 1.87. The Kier molecular flexibility index (Phi) is 4.25. The van der Waals surface area contributed by atoms with Crippen molar-refractivity contribution in [1.29, 1.82) is 0 Å². The number of aryl methyl sites for hydroxylation is 2. The molecule has 0 bridgehead atoms. The Morgan fingerprint density at radius 2 is 2.00 bits per heavy atom. The van der Waals surface area contributed by atoms with E-state index in [1.54, 1.807) is 7.11 Å². The molecule has 4 nitrogen and oxygen atoms in total. The highest BCUT2D eigenvalue weighted by molar-refractivity contribution is 8.14. The van der Waals surface area contributed by atoms with Crippen molar-refractivity contribution in [3.63, 3.8) is 0 Å². The molecular weight excluding hydrogens is 250 g/mol. The van der Waals surface area contributed by atoms with Gasteiger partial charge < -0.3 is 4.74 Å². The number of carbonyl (C=O) groups is 2. The number of rotatable bonds is 1. The highest BCUT2D eigenvalue weighted by Crippen LogP contribution is 2.25. The normalized spacial score (nSPS) is 16.7. The van der Waals surface area contributed by atoms with E-state index in [0.717, 1.165) is 17.5 Å². The van der Waals surface area contributed by atoms with Gasteiger partial charge in [0.15, 0.2) is 0 Å². The van der Waals surface area contributed by atoms with Crippen molar-refractivity contribution in [2.45, 2.75) is 19.3 Å². The average Bonchev–Trinajstić information content (AvgIpc) is 2.97. The molecule has 18 heavy (non-hydrogen) atoms. The molecule has 3 rings (SSSR count). The molecule has 0 radical (unpaired) electrons. The third kappa shape index (κ3) is 3.26. The second-order valence-corrected chi connectivity index (χ2v) is 5.06. The number of imide groups is 1. The van der Waals surface area contributed by atoms with Crippen LogP contribution < -0.4 is 10.1 Å². The molecule has 0 spiro atoms. The fraction of sp³-hybridized carbons (Fsp3) is 0.385. The van der Waals surface area contributed by atoms with E-state index >= 15 is 0 Å². The maximum atomic E-state index is 10.1. The summed E-state index contributed by atoms with van der Waals surface area (Å²) in [7, 11) is 1.72. The Morgan fingerprint density at radius 3 is 2.56 bits per heavy atom. The summed E-state index contributed by atoms with van der Waals surface area (Å²) in [5.41, 5.74) is 2.98. The van der Waals surface area contributed by atoms with Gasteiger partial charge in [0.05, 0.1) is 12.9 Å². The van der Waals surface area contributed by atoms with Crippen LogP contribution in [0, 0.1) is 0 Å². The number of carbonyl (C=O) groups excluding carboxylic acids is 2. The molecule has 1 aromatic rings. The van der Waals surface area contributed by atoms with Crippen LogP contribution in [-0.4, -0.2) is 24.0 Å². The molecule has 1 heterocycles. The van der Waals surface area contributed by atoms with Crippen molar-refractivity contribution in [2.24, 2.45) is 0 Å². The lowest BCUT2D eigenvalue weighted by Crippen LogP contribution is -2.18. The minimum Gasteiger partial charge on any atom is -0.497 e. The Hall–Kier alpha value is -1.49. The summed E-state index contributed by atoms with van der Waals surface area (Å²) in [5.74, 6) is 1.10. The van der Waals surface area contributed by atoms with E-state index in [9.17, 15) is 9.59 Å².